The summed E-state index contributed by atoms with van der Waals surface area (Å²) in [5.74, 6) is 1.37. The molecule has 0 aromatic heterocycles. The lowest BCUT2D eigenvalue weighted by atomic mass is 9.78. The molecule has 1 aliphatic rings. The largest absolute Gasteiger partial charge is 0.490 e. The molecule has 1 aromatic rings. The van der Waals surface area contributed by atoms with E-state index in [1.807, 2.05) is 32.0 Å². The van der Waals surface area contributed by atoms with E-state index in [2.05, 4.69) is 26.1 Å². The van der Waals surface area contributed by atoms with E-state index in [1.54, 1.807) is 0 Å². The number of benzene rings is 1. The third-order valence-electron chi connectivity index (χ3n) is 5.13. The Morgan fingerprint density at radius 2 is 2.16 bits per heavy atom. The van der Waals surface area contributed by atoms with Crippen molar-refractivity contribution in [2.45, 2.75) is 78.4 Å². The van der Waals surface area contributed by atoms with Gasteiger partial charge in [-0.1, -0.05) is 20.3 Å². The minimum Gasteiger partial charge on any atom is -0.490 e. The number of hydrogen-bond donors (Lipinski definition) is 1. The first-order valence-corrected chi connectivity index (χ1v) is 9.63. The maximum atomic E-state index is 13.0. The van der Waals surface area contributed by atoms with E-state index in [0.29, 0.717) is 12.5 Å². The van der Waals surface area contributed by atoms with Gasteiger partial charge in [0.1, 0.15) is 11.4 Å². The third kappa shape index (κ3) is 4.97. The van der Waals surface area contributed by atoms with Crippen molar-refractivity contribution < 1.29 is 14.3 Å². The molecule has 1 saturated carbocycles. The molecule has 0 aliphatic heterocycles. The Labute approximate surface area is 152 Å². The van der Waals surface area contributed by atoms with Crippen LogP contribution in [0.25, 0.3) is 0 Å². The van der Waals surface area contributed by atoms with Gasteiger partial charge in [0.2, 0.25) is 0 Å². The molecule has 2 rings (SSSR count). The Balaban J connectivity index is 2.11. The van der Waals surface area contributed by atoms with Crippen LogP contribution in [0.2, 0.25) is 0 Å². The van der Waals surface area contributed by atoms with Crippen molar-refractivity contribution in [2.24, 2.45) is 5.92 Å². The van der Waals surface area contributed by atoms with Crippen molar-refractivity contribution in [3.8, 4) is 5.75 Å². The summed E-state index contributed by atoms with van der Waals surface area (Å²) in [5.41, 5.74) is 1.14. The highest BCUT2D eigenvalue weighted by molar-refractivity contribution is 5.97. The molecule has 0 radical (unpaired) electrons. The Bertz CT molecular complexity index is 583. The molecule has 1 fully saturated rings. The monoisotopic (exact) mass is 347 g/mol. The van der Waals surface area contributed by atoms with Gasteiger partial charge in [0.05, 0.1) is 6.10 Å². The molecular formula is C21H33NO3. The molecule has 1 aliphatic carbocycles. The van der Waals surface area contributed by atoms with Crippen molar-refractivity contribution in [1.29, 1.82) is 0 Å². The average Bonchev–Trinajstić information content (AvgIpc) is 2.57. The number of hydrogen-bond acceptors (Lipinski definition) is 3. The zero-order valence-corrected chi connectivity index (χ0v) is 16.4. The number of carbonyl (C=O) groups excluding carboxylic acids is 1. The Morgan fingerprint density at radius 1 is 1.40 bits per heavy atom. The van der Waals surface area contributed by atoms with Crippen LogP contribution in [0.3, 0.4) is 0 Å². The summed E-state index contributed by atoms with van der Waals surface area (Å²) < 4.78 is 11.9. The molecule has 140 valence electrons. The number of amides is 1. The highest BCUT2D eigenvalue weighted by Crippen LogP contribution is 2.36. The van der Waals surface area contributed by atoms with E-state index in [-0.39, 0.29) is 12.0 Å². The molecule has 0 unspecified atom stereocenters. The van der Waals surface area contributed by atoms with Crippen molar-refractivity contribution in [2.75, 3.05) is 11.9 Å². The maximum absolute atomic E-state index is 13.0. The summed E-state index contributed by atoms with van der Waals surface area (Å²) in [4.78, 5) is 13.0. The number of carbonyl (C=O) groups is 1. The lowest BCUT2D eigenvalue weighted by molar-refractivity contribution is -0.147. The lowest BCUT2D eigenvalue weighted by Crippen LogP contribution is -2.48. The van der Waals surface area contributed by atoms with Crippen LogP contribution in [0.4, 0.5) is 5.69 Å². The van der Waals surface area contributed by atoms with Crippen LogP contribution < -0.4 is 10.1 Å². The number of rotatable bonds is 7. The highest BCUT2D eigenvalue weighted by Gasteiger charge is 2.42. The Morgan fingerprint density at radius 3 is 2.76 bits per heavy atom. The normalized spacial score (nSPS) is 24.6. The number of nitrogens with one attached hydrogen (secondary N) is 1. The van der Waals surface area contributed by atoms with Crippen LogP contribution in [0.1, 0.15) is 65.4 Å². The quantitative estimate of drug-likeness (QED) is 0.747. The first-order valence-electron chi connectivity index (χ1n) is 9.63. The van der Waals surface area contributed by atoms with Gasteiger partial charge in [-0.2, -0.15) is 0 Å². The van der Waals surface area contributed by atoms with Gasteiger partial charge in [0.15, 0.2) is 0 Å². The van der Waals surface area contributed by atoms with E-state index in [9.17, 15) is 4.79 Å². The second-order valence-corrected chi connectivity index (χ2v) is 7.40. The summed E-state index contributed by atoms with van der Waals surface area (Å²) in [6, 6.07) is 5.82. The maximum Gasteiger partial charge on any atom is 0.256 e. The number of anilines is 1. The molecule has 0 saturated heterocycles. The zero-order chi connectivity index (χ0) is 18.4. The van der Waals surface area contributed by atoms with E-state index in [0.717, 1.165) is 42.7 Å². The SMILES string of the molecule is CCO[C@]1(C(=O)Nc2ccc(O[C@@H](C)CC)c(C)c2)CCC[C@@H](C)C1. The van der Waals surface area contributed by atoms with E-state index in [4.69, 9.17) is 9.47 Å². The summed E-state index contributed by atoms with van der Waals surface area (Å²) in [6.45, 7) is 10.9. The van der Waals surface area contributed by atoms with Crippen molar-refractivity contribution in [3.63, 3.8) is 0 Å². The summed E-state index contributed by atoms with van der Waals surface area (Å²) in [7, 11) is 0. The van der Waals surface area contributed by atoms with E-state index in [1.165, 1.54) is 6.42 Å². The number of aryl methyl sites for hydroxylation is 1. The molecular weight excluding hydrogens is 314 g/mol. The Kier molecular flexibility index (Phi) is 6.88. The first-order chi connectivity index (χ1) is 11.9. The zero-order valence-electron chi connectivity index (χ0n) is 16.4. The molecule has 0 bridgehead atoms. The predicted octanol–water partition coefficient (Wildman–Crippen LogP) is 5.10. The predicted molar refractivity (Wildman–Crippen MR) is 102 cm³/mol. The van der Waals surface area contributed by atoms with Gasteiger partial charge in [-0.15, -0.1) is 0 Å². The van der Waals surface area contributed by atoms with Crippen LogP contribution in [0, 0.1) is 12.8 Å². The molecule has 25 heavy (non-hydrogen) atoms. The van der Waals surface area contributed by atoms with Gasteiger partial charge in [0, 0.05) is 12.3 Å². The fourth-order valence-corrected chi connectivity index (χ4v) is 3.59. The fraction of sp³-hybridized carbons (Fsp3) is 0.667. The molecule has 3 atom stereocenters. The molecule has 1 N–H and O–H groups in total. The molecule has 4 nitrogen and oxygen atoms in total. The second kappa shape index (κ2) is 8.70. The van der Waals surface area contributed by atoms with Gasteiger partial charge in [-0.05, 0) is 76.1 Å². The standard InChI is InChI=1S/C21H33NO3/c1-6-17(5)25-19-11-10-18(13-16(19)4)22-20(23)21(24-7-2)12-8-9-15(3)14-21/h10-11,13,15,17H,6-9,12,14H2,1-5H3,(H,22,23)/t15-,17+,21-/m1/s1. The van der Waals surface area contributed by atoms with Gasteiger partial charge in [0.25, 0.3) is 5.91 Å². The molecule has 1 aromatic carbocycles. The topological polar surface area (TPSA) is 47.6 Å². The molecule has 1 amide bonds. The lowest BCUT2D eigenvalue weighted by Gasteiger charge is -2.38. The summed E-state index contributed by atoms with van der Waals surface area (Å²) in [5, 5.41) is 3.07. The van der Waals surface area contributed by atoms with Crippen LogP contribution >= 0.6 is 0 Å². The first kappa shape index (κ1) is 19.8. The summed E-state index contributed by atoms with van der Waals surface area (Å²) in [6.07, 6.45) is 4.95. The van der Waals surface area contributed by atoms with E-state index >= 15 is 0 Å². The van der Waals surface area contributed by atoms with Crippen molar-refractivity contribution in [1.82, 2.24) is 0 Å². The van der Waals surface area contributed by atoms with Gasteiger partial charge in [-0.25, -0.2) is 0 Å². The smallest absolute Gasteiger partial charge is 0.256 e. The highest BCUT2D eigenvalue weighted by atomic mass is 16.5. The number of ether oxygens (including phenoxy) is 2. The van der Waals surface area contributed by atoms with Crippen molar-refractivity contribution >= 4 is 11.6 Å². The summed E-state index contributed by atoms with van der Waals surface area (Å²) >= 11 is 0. The Hall–Kier alpha value is -1.55. The minimum atomic E-state index is -0.688. The molecule has 4 heteroatoms. The van der Waals surface area contributed by atoms with E-state index < -0.39 is 5.60 Å². The minimum absolute atomic E-state index is 0.0177. The molecule has 0 heterocycles. The average molecular weight is 347 g/mol. The fourth-order valence-electron chi connectivity index (χ4n) is 3.59. The third-order valence-corrected chi connectivity index (χ3v) is 5.13. The van der Waals surface area contributed by atoms with Crippen molar-refractivity contribution in [3.05, 3.63) is 23.8 Å². The van der Waals surface area contributed by atoms with Crippen LogP contribution in [0.5, 0.6) is 5.75 Å². The van der Waals surface area contributed by atoms with Crippen LogP contribution in [-0.4, -0.2) is 24.2 Å². The van der Waals surface area contributed by atoms with Crippen LogP contribution in [-0.2, 0) is 9.53 Å². The van der Waals surface area contributed by atoms with Gasteiger partial charge in [-0.3, -0.25) is 4.79 Å². The van der Waals surface area contributed by atoms with Crippen LogP contribution in [0.15, 0.2) is 18.2 Å². The molecule has 0 spiro atoms. The second-order valence-electron chi connectivity index (χ2n) is 7.40. The van der Waals surface area contributed by atoms with Gasteiger partial charge < -0.3 is 14.8 Å². The van der Waals surface area contributed by atoms with Gasteiger partial charge >= 0.3 is 0 Å².